The SMILES string of the molecule is N#Cc1ccnc2[nH]cc(Cc3ccc(CCc4ccc(C(F)(F)F)nc4)nc3)c12. The van der Waals surface area contributed by atoms with Gasteiger partial charge in [-0.1, -0.05) is 12.1 Å². The van der Waals surface area contributed by atoms with Gasteiger partial charge in [-0.25, -0.2) is 4.98 Å². The molecule has 1 N–H and O–H groups in total. The molecule has 0 radical (unpaired) electrons. The van der Waals surface area contributed by atoms with E-state index in [1.54, 1.807) is 18.5 Å². The number of aromatic amines is 1. The van der Waals surface area contributed by atoms with E-state index in [2.05, 4.69) is 26.0 Å². The van der Waals surface area contributed by atoms with Crippen LogP contribution in [0.5, 0.6) is 0 Å². The quantitative estimate of drug-likeness (QED) is 0.524. The second-order valence-corrected chi connectivity index (χ2v) is 6.89. The van der Waals surface area contributed by atoms with E-state index in [1.165, 1.54) is 12.3 Å². The van der Waals surface area contributed by atoms with Gasteiger partial charge in [0.1, 0.15) is 11.3 Å². The average molecular weight is 407 g/mol. The van der Waals surface area contributed by atoms with Gasteiger partial charge >= 0.3 is 6.18 Å². The lowest BCUT2D eigenvalue weighted by Gasteiger charge is -2.07. The molecule has 0 saturated heterocycles. The fourth-order valence-corrected chi connectivity index (χ4v) is 3.30. The Kier molecular flexibility index (Phi) is 5.19. The summed E-state index contributed by atoms with van der Waals surface area (Å²) < 4.78 is 37.7. The van der Waals surface area contributed by atoms with Gasteiger partial charge in [-0.05, 0) is 47.7 Å². The van der Waals surface area contributed by atoms with Gasteiger partial charge in [0.15, 0.2) is 0 Å². The molecule has 4 rings (SSSR count). The van der Waals surface area contributed by atoms with Crippen LogP contribution in [-0.4, -0.2) is 19.9 Å². The molecule has 4 heterocycles. The van der Waals surface area contributed by atoms with Gasteiger partial charge in [-0.2, -0.15) is 18.4 Å². The summed E-state index contributed by atoms with van der Waals surface area (Å²) >= 11 is 0. The maximum Gasteiger partial charge on any atom is 0.433 e. The Morgan fingerprint density at radius 1 is 0.933 bits per heavy atom. The third-order valence-electron chi connectivity index (χ3n) is 4.84. The second-order valence-electron chi connectivity index (χ2n) is 6.89. The van der Waals surface area contributed by atoms with E-state index in [-0.39, 0.29) is 0 Å². The van der Waals surface area contributed by atoms with Crippen molar-refractivity contribution in [3.8, 4) is 6.07 Å². The lowest BCUT2D eigenvalue weighted by Crippen LogP contribution is -2.07. The van der Waals surface area contributed by atoms with Crippen molar-refractivity contribution < 1.29 is 13.2 Å². The summed E-state index contributed by atoms with van der Waals surface area (Å²) in [6.07, 6.45) is 3.83. The van der Waals surface area contributed by atoms with Gasteiger partial charge < -0.3 is 4.98 Å². The molecule has 0 aliphatic rings. The van der Waals surface area contributed by atoms with Crippen LogP contribution in [-0.2, 0) is 25.4 Å². The molecule has 0 amide bonds. The summed E-state index contributed by atoms with van der Waals surface area (Å²) in [5.41, 5.74) is 3.90. The summed E-state index contributed by atoms with van der Waals surface area (Å²) in [5, 5.41) is 10.1. The van der Waals surface area contributed by atoms with Crippen LogP contribution in [0.1, 0.15) is 33.6 Å². The number of hydrogen-bond acceptors (Lipinski definition) is 4. The van der Waals surface area contributed by atoms with Gasteiger partial charge in [-0.3, -0.25) is 9.97 Å². The first kappa shape index (κ1) is 19.6. The Balaban J connectivity index is 1.42. The summed E-state index contributed by atoms with van der Waals surface area (Å²) in [6, 6.07) is 10.2. The predicted molar refractivity (Wildman–Crippen MR) is 104 cm³/mol. The van der Waals surface area contributed by atoms with E-state index >= 15 is 0 Å². The molecule has 0 aromatic carbocycles. The molecule has 0 atom stereocenters. The molecule has 4 aromatic heterocycles. The van der Waals surface area contributed by atoms with Crippen molar-refractivity contribution in [3.05, 3.63) is 88.8 Å². The van der Waals surface area contributed by atoms with Crippen LogP contribution in [0, 0.1) is 11.3 Å². The standard InChI is InChI=1S/C22H16F3N5/c23-22(24,25)19-6-3-14(11-29-19)1-4-18-5-2-15(12-28-18)9-17-13-30-21-20(17)16(10-26)7-8-27-21/h2-3,5-8,11-13H,1,4,9H2,(H,27,30). The average Bonchev–Trinajstić information content (AvgIpc) is 3.16. The highest BCUT2D eigenvalue weighted by atomic mass is 19.4. The zero-order valence-electron chi connectivity index (χ0n) is 15.7. The van der Waals surface area contributed by atoms with Crippen LogP contribution < -0.4 is 0 Å². The smallest absolute Gasteiger partial charge is 0.346 e. The summed E-state index contributed by atoms with van der Waals surface area (Å²) in [6.45, 7) is 0. The minimum atomic E-state index is -4.43. The minimum absolute atomic E-state index is 0.553. The van der Waals surface area contributed by atoms with Gasteiger partial charge in [0.2, 0.25) is 0 Å². The summed E-state index contributed by atoms with van der Waals surface area (Å²) in [7, 11) is 0. The van der Waals surface area contributed by atoms with Gasteiger partial charge in [0.05, 0.1) is 11.6 Å². The number of alkyl halides is 3. The molecule has 30 heavy (non-hydrogen) atoms. The van der Waals surface area contributed by atoms with Crippen molar-refractivity contribution in [2.24, 2.45) is 0 Å². The van der Waals surface area contributed by atoms with E-state index in [4.69, 9.17) is 0 Å². The highest BCUT2D eigenvalue weighted by Gasteiger charge is 2.31. The second kappa shape index (κ2) is 7.95. The van der Waals surface area contributed by atoms with Crippen LogP contribution in [0.15, 0.2) is 55.1 Å². The number of rotatable bonds is 5. The van der Waals surface area contributed by atoms with Crippen LogP contribution in [0.3, 0.4) is 0 Å². The predicted octanol–water partition coefficient (Wildman–Crippen LogP) is 4.62. The first-order valence-corrected chi connectivity index (χ1v) is 9.25. The van der Waals surface area contributed by atoms with E-state index in [1.807, 2.05) is 18.3 Å². The Morgan fingerprint density at radius 2 is 1.73 bits per heavy atom. The number of pyridine rings is 3. The number of halogens is 3. The maximum absolute atomic E-state index is 12.6. The number of aromatic nitrogens is 4. The highest BCUT2D eigenvalue weighted by Crippen LogP contribution is 2.27. The van der Waals surface area contributed by atoms with Crippen LogP contribution in [0.25, 0.3) is 11.0 Å². The summed E-state index contributed by atoms with van der Waals surface area (Å²) in [5.74, 6) is 0. The van der Waals surface area contributed by atoms with Crippen LogP contribution in [0.4, 0.5) is 13.2 Å². The zero-order valence-corrected chi connectivity index (χ0v) is 15.7. The molecule has 0 aliphatic heterocycles. The fourth-order valence-electron chi connectivity index (χ4n) is 3.30. The summed E-state index contributed by atoms with van der Waals surface area (Å²) in [4.78, 5) is 15.3. The number of hydrogen-bond donors (Lipinski definition) is 1. The minimum Gasteiger partial charge on any atom is -0.346 e. The van der Waals surface area contributed by atoms with Crippen molar-refractivity contribution >= 4 is 11.0 Å². The fraction of sp³-hybridized carbons (Fsp3) is 0.182. The van der Waals surface area contributed by atoms with Gasteiger partial charge in [0, 0.05) is 42.3 Å². The van der Waals surface area contributed by atoms with Crippen molar-refractivity contribution in [2.75, 3.05) is 0 Å². The molecule has 0 unspecified atom stereocenters. The van der Waals surface area contributed by atoms with Crippen molar-refractivity contribution in [1.29, 1.82) is 5.26 Å². The lowest BCUT2D eigenvalue weighted by molar-refractivity contribution is -0.141. The first-order chi connectivity index (χ1) is 14.4. The van der Waals surface area contributed by atoms with Gasteiger partial charge in [0.25, 0.3) is 0 Å². The molecule has 0 saturated carbocycles. The Labute approximate surface area is 170 Å². The Bertz CT molecular complexity index is 1200. The molecule has 4 aromatic rings. The number of fused-ring (bicyclic) bond motifs is 1. The third kappa shape index (κ3) is 4.15. The Hall–Kier alpha value is -3.73. The molecule has 150 valence electrons. The molecule has 5 nitrogen and oxygen atoms in total. The van der Waals surface area contributed by atoms with Crippen molar-refractivity contribution in [3.63, 3.8) is 0 Å². The van der Waals surface area contributed by atoms with E-state index < -0.39 is 11.9 Å². The van der Waals surface area contributed by atoms with Gasteiger partial charge in [-0.15, -0.1) is 0 Å². The molecule has 0 bridgehead atoms. The maximum atomic E-state index is 12.6. The van der Waals surface area contributed by atoms with Crippen molar-refractivity contribution in [1.82, 2.24) is 19.9 Å². The van der Waals surface area contributed by atoms with E-state index in [9.17, 15) is 18.4 Å². The highest BCUT2D eigenvalue weighted by molar-refractivity contribution is 5.86. The molecular weight excluding hydrogens is 391 g/mol. The number of aryl methyl sites for hydroxylation is 2. The van der Waals surface area contributed by atoms with Crippen LogP contribution in [0.2, 0.25) is 0 Å². The molecule has 8 heteroatoms. The zero-order chi connectivity index (χ0) is 21.1. The normalized spacial score (nSPS) is 11.5. The molecular formula is C22H16F3N5. The largest absolute Gasteiger partial charge is 0.433 e. The van der Waals surface area contributed by atoms with Crippen LogP contribution >= 0.6 is 0 Å². The molecule has 0 aliphatic carbocycles. The first-order valence-electron chi connectivity index (χ1n) is 9.25. The lowest BCUT2D eigenvalue weighted by atomic mass is 10.0. The van der Waals surface area contributed by atoms with E-state index in [0.717, 1.165) is 33.8 Å². The number of nitrogens with one attached hydrogen (secondary N) is 1. The molecule has 0 spiro atoms. The third-order valence-corrected chi connectivity index (χ3v) is 4.84. The number of H-pyrrole nitrogens is 1. The number of nitrogens with zero attached hydrogens (tertiary/aromatic N) is 4. The topological polar surface area (TPSA) is 78.2 Å². The monoisotopic (exact) mass is 407 g/mol. The van der Waals surface area contributed by atoms with Crippen molar-refractivity contribution in [2.45, 2.75) is 25.4 Å². The molecule has 0 fully saturated rings. The van der Waals surface area contributed by atoms with E-state index in [0.29, 0.717) is 30.5 Å². The number of nitriles is 1. The Morgan fingerprint density at radius 3 is 2.40 bits per heavy atom.